The number of carbonyl (C=O) groups excluding carboxylic acids is 1. The number of anilines is 1. The summed E-state index contributed by atoms with van der Waals surface area (Å²) in [6, 6.07) is 0. The minimum Gasteiger partial charge on any atom is -0.466 e. The highest BCUT2D eigenvalue weighted by atomic mass is 32.2. The van der Waals surface area contributed by atoms with Crippen molar-refractivity contribution in [1.29, 1.82) is 0 Å². The van der Waals surface area contributed by atoms with E-state index in [0.29, 0.717) is 17.4 Å². The first kappa shape index (κ1) is 13.0. The minimum atomic E-state index is -2.32. The maximum atomic E-state index is 11.3. The number of esters is 1. The Balaban J connectivity index is 2.62. The second-order valence-corrected chi connectivity index (χ2v) is 6.31. The Morgan fingerprint density at radius 1 is 1.75 bits per heavy atom. The Labute approximate surface area is 99.0 Å². The van der Waals surface area contributed by atoms with Crippen molar-refractivity contribution in [2.24, 2.45) is 0 Å². The maximum absolute atomic E-state index is 11.3. The SMILES string of the molecule is C=S(C)(=O)Nc1nc(CC(=O)OCC)cs1. The Bertz CT molecular complexity index is 465. The molecule has 0 radical (unpaired) electrons. The smallest absolute Gasteiger partial charge is 0.311 e. The van der Waals surface area contributed by atoms with Crippen LogP contribution in [0.5, 0.6) is 0 Å². The standard InChI is InChI=1S/C9H14N2O3S2/c1-4-14-8(12)5-7-6-15-9(10-7)11-16(2,3)13/h6H,2,4-5H2,1,3H3,(H,10,11,13). The molecule has 5 nitrogen and oxygen atoms in total. The number of hydrogen-bond acceptors (Lipinski definition) is 5. The number of carbonyl (C=O) groups is 1. The second kappa shape index (κ2) is 5.31. The average Bonchev–Trinajstić information content (AvgIpc) is 2.49. The minimum absolute atomic E-state index is 0.133. The third-order valence-corrected chi connectivity index (χ3v) is 3.05. The molecule has 0 aromatic carbocycles. The number of thiazole rings is 1. The van der Waals surface area contributed by atoms with Crippen LogP contribution in [0.15, 0.2) is 5.38 Å². The Morgan fingerprint density at radius 3 is 3.00 bits per heavy atom. The van der Waals surface area contributed by atoms with Crippen molar-refractivity contribution in [3.63, 3.8) is 0 Å². The molecule has 1 heterocycles. The lowest BCUT2D eigenvalue weighted by atomic mass is 10.3. The first-order valence-corrected chi connectivity index (χ1v) is 7.62. The summed E-state index contributed by atoms with van der Waals surface area (Å²) in [7, 11) is -2.32. The molecule has 90 valence electrons. The lowest BCUT2D eigenvalue weighted by molar-refractivity contribution is -0.142. The molecule has 0 aliphatic rings. The van der Waals surface area contributed by atoms with Crippen molar-refractivity contribution >= 4 is 38.0 Å². The van der Waals surface area contributed by atoms with E-state index in [9.17, 15) is 9.00 Å². The zero-order chi connectivity index (χ0) is 12.2. The van der Waals surface area contributed by atoms with Crippen LogP contribution in [0.3, 0.4) is 0 Å². The molecule has 1 N–H and O–H groups in total. The fourth-order valence-corrected chi connectivity index (χ4v) is 2.67. The molecular formula is C9H14N2O3S2. The molecule has 0 amide bonds. The van der Waals surface area contributed by atoms with Crippen LogP contribution in [0.25, 0.3) is 0 Å². The summed E-state index contributed by atoms with van der Waals surface area (Å²) in [6.45, 7) is 2.11. The van der Waals surface area contributed by atoms with E-state index in [1.54, 1.807) is 12.3 Å². The van der Waals surface area contributed by atoms with Gasteiger partial charge in [-0.1, -0.05) is 0 Å². The van der Waals surface area contributed by atoms with Crippen LogP contribution in [0.1, 0.15) is 12.6 Å². The van der Waals surface area contributed by atoms with Gasteiger partial charge < -0.3 is 4.74 Å². The largest absolute Gasteiger partial charge is 0.466 e. The van der Waals surface area contributed by atoms with Gasteiger partial charge in [-0.05, 0) is 12.8 Å². The quantitative estimate of drug-likeness (QED) is 0.633. The fourth-order valence-electron chi connectivity index (χ4n) is 0.980. The van der Waals surface area contributed by atoms with Gasteiger partial charge in [0.15, 0.2) is 5.13 Å². The molecule has 1 aromatic heterocycles. The number of aromatic nitrogens is 1. The van der Waals surface area contributed by atoms with Crippen LogP contribution in [-0.4, -0.2) is 33.9 Å². The molecule has 1 rings (SSSR count). The van der Waals surface area contributed by atoms with Gasteiger partial charge in [0.05, 0.1) is 18.7 Å². The predicted molar refractivity (Wildman–Crippen MR) is 67.3 cm³/mol. The molecule has 1 aromatic rings. The van der Waals surface area contributed by atoms with Gasteiger partial charge in [-0.3, -0.25) is 9.52 Å². The summed E-state index contributed by atoms with van der Waals surface area (Å²) in [5, 5.41) is 2.23. The van der Waals surface area contributed by atoms with E-state index >= 15 is 0 Å². The third-order valence-electron chi connectivity index (χ3n) is 1.49. The summed E-state index contributed by atoms with van der Waals surface area (Å²) < 4.78 is 18.8. The Hall–Kier alpha value is -1.08. The molecule has 1 atom stereocenters. The van der Waals surface area contributed by atoms with Gasteiger partial charge >= 0.3 is 5.97 Å². The lowest BCUT2D eigenvalue weighted by Crippen LogP contribution is -2.10. The molecule has 0 spiro atoms. The van der Waals surface area contributed by atoms with Crippen molar-refractivity contribution in [2.75, 3.05) is 17.6 Å². The molecule has 0 fully saturated rings. The molecule has 0 aliphatic carbocycles. The summed E-state index contributed by atoms with van der Waals surface area (Å²) in [5.74, 6) is 3.14. The highest BCUT2D eigenvalue weighted by Gasteiger charge is 2.08. The van der Waals surface area contributed by atoms with E-state index in [-0.39, 0.29) is 12.4 Å². The predicted octanol–water partition coefficient (Wildman–Crippen LogP) is 0.922. The second-order valence-electron chi connectivity index (χ2n) is 3.23. The van der Waals surface area contributed by atoms with Crippen molar-refractivity contribution in [3.05, 3.63) is 11.1 Å². The van der Waals surface area contributed by atoms with Crippen LogP contribution in [0.4, 0.5) is 5.13 Å². The molecule has 1 unspecified atom stereocenters. The van der Waals surface area contributed by atoms with E-state index in [1.165, 1.54) is 17.6 Å². The van der Waals surface area contributed by atoms with Crippen LogP contribution in [0, 0.1) is 0 Å². The Kier molecular flexibility index (Phi) is 4.31. The lowest BCUT2D eigenvalue weighted by Gasteiger charge is -2.02. The first-order chi connectivity index (χ1) is 7.40. The Morgan fingerprint density at radius 2 is 2.44 bits per heavy atom. The van der Waals surface area contributed by atoms with Crippen molar-refractivity contribution < 1.29 is 13.7 Å². The zero-order valence-electron chi connectivity index (χ0n) is 9.19. The van der Waals surface area contributed by atoms with Gasteiger partial charge in [-0.25, -0.2) is 9.19 Å². The number of nitrogens with zero attached hydrogens (tertiary/aromatic N) is 1. The van der Waals surface area contributed by atoms with Crippen molar-refractivity contribution in [1.82, 2.24) is 4.98 Å². The maximum Gasteiger partial charge on any atom is 0.311 e. The zero-order valence-corrected chi connectivity index (χ0v) is 10.8. The average molecular weight is 262 g/mol. The summed E-state index contributed by atoms with van der Waals surface area (Å²) >= 11 is 1.29. The van der Waals surface area contributed by atoms with Crippen LogP contribution in [0.2, 0.25) is 0 Å². The summed E-state index contributed by atoms with van der Waals surface area (Å²) in [6.07, 6.45) is 1.62. The van der Waals surface area contributed by atoms with Gasteiger partial charge in [0.2, 0.25) is 0 Å². The van der Waals surface area contributed by atoms with Crippen LogP contribution < -0.4 is 4.72 Å². The van der Waals surface area contributed by atoms with Crippen LogP contribution in [-0.2, 0) is 25.7 Å². The van der Waals surface area contributed by atoms with Gasteiger partial charge in [-0.2, -0.15) is 0 Å². The topological polar surface area (TPSA) is 68.3 Å². The molecule has 0 saturated heterocycles. The highest BCUT2D eigenvalue weighted by molar-refractivity contribution is 8.01. The van der Waals surface area contributed by atoms with E-state index in [1.807, 2.05) is 0 Å². The number of rotatable bonds is 5. The summed E-state index contributed by atoms with van der Waals surface area (Å²) in [4.78, 5) is 15.3. The molecule has 7 heteroatoms. The van der Waals surface area contributed by atoms with E-state index in [4.69, 9.17) is 4.74 Å². The monoisotopic (exact) mass is 262 g/mol. The number of hydrogen-bond donors (Lipinski definition) is 1. The number of ether oxygens (including phenoxy) is 1. The van der Waals surface area contributed by atoms with E-state index < -0.39 is 9.71 Å². The van der Waals surface area contributed by atoms with Crippen LogP contribution >= 0.6 is 11.3 Å². The van der Waals surface area contributed by atoms with E-state index in [0.717, 1.165) is 0 Å². The van der Waals surface area contributed by atoms with Crippen molar-refractivity contribution in [3.8, 4) is 0 Å². The van der Waals surface area contributed by atoms with Gasteiger partial charge in [0, 0.05) is 21.3 Å². The third kappa shape index (κ3) is 4.63. The van der Waals surface area contributed by atoms with Gasteiger partial charge in [0.25, 0.3) is 0 Å². The van der Waals surface area contributed by atoms with Crippen molar-refractivity contribution in [2.45, 2.75) is 13.3 Å². The first-order valence-electron chi connectivity index (χ1n) is 4.60. The molecule has 0 saturated carbocycles. The molecule has 16 heavy (non-hydrogen) atoms. The summed E-state index contributed by atoms with van der Waals surface area (Å²) in [5.41, 5.74) is 0.606. The fraction of sp³-hybridized carbons (Fsp3) is 0.444. The number of nitrogens with one attached hydrogen (secondary N) is 1. The van der Waals surface area contributed by atoms with E-state index in [2.05, 4.69) is 15.6 Å². The highest BCUT2D eigenvalue weighted by Crippen LogP contribution is 2.16. The molecule has 0 bridgehead atoms. The molecular weight excluding hydrogens is 248 g/mol. The molecule has 0 aliphatic heterocycles. The van der Waals surface area contributed by atoms with Gasteiger partial charge in [0.1, 0.15) is 0 Å². The van der Waals surface area contributed by atoms with Gasteiger partial charge in [-0.15, -0.1) is 11.3 Å². The normalized spacial score (nSPS) is 14.1.